The van der Waals surface area contributed by atoms with Gasteiger partial charge < -0.3 is 10.5 Å². The summed E-state index contributed by atoms with van der Waals surface area (Å²) in [7, 11) is 1.67. The summed E-state index contributed by atoms with van der Waals surface area (Å²) in [6, 6.07) is 9.18. The summed E-state index contributed by atoms with van der Waals surface area (Å²) in [5.41, 5.74) is 10.4. The standard InChI is InChI=1S/C16H17Cl2NO/c1-9-4-11(5-10(2)16(9)20-3)15(19)12-6-13(17)8-14(18)7-12/h4-8,15H,19H2,1-3H3. The Morgan fingerprint density at radius 2 is 1.35 bits per heavy atom. The van der Waals surface area contributed by atoms with E-state index in [-0.39, 0.29) is 6.04 Å². The molecule has 0 aliphatic carbocycles. The molecule has 2 aromatic carbocycles. The molecule has 1 atom stereocenters. The fraction of sp³-hybridized carbons (Fsp3) is 0.250. The summed E-state index contributed by atoms with van der Waals surface area (Å²) in [4.78, 5) is 0. The molecule has 20 heavy (non-hydrogen) atoms. The van der Waals surface area contributed by atoms with Crippen molar-refractivity contribution in [2.24, 2.45) is 5.73 Å². The summed E-state index contributed by atoms with van der Waals surface area (Å²) in [5.74, 6) is 0.894. The highest BCUT2D eigenvalue weighted by Crippen LogP contribution is 2.31. The van der Waals surface area contributed by atoms with Gasteiger partial charge >= 0.3 is 0 Å². The zero-order chi connectivity index (χ0) is 14.9. The number of aryl methyl sites for hydroxylation is 2. The van der Waals surface area contributed by atoms with Crippen LogP contribution in [-0.4, -0.2) is 7.11 Å². The minimum Gasteiger partial charge on any atom is -0.496 e. The number of halogens is 2. The number of benzene rings is 2. The number of methoxy groups -OCH3 is 1. The van der Waals surface area contributed by atoms with Crippen molar-refractivity contribution in [2.45, 2.75) is 19.9 Å². The molecule has 2 N–H and O–H groups in total. The molecular weight excluding hydrogens is 293 g/mol. The van der Waals surface area contributed by atoms with Gasteiger partial charge in [-0.05, 0) is 54.3 Å². The van der Waals surface area contributed by atoms with Gasteiger partial charge in [0.05, 0.1) is 13.2 Å². The smallest absolute Gasteiger partial charge is 0.124 e. The first-order chi connectivity index (χ1) is 9.42. The van der Waals surface area contributed by atoms with Crippen LogP contribution in [0.4, 0.5) is 0 Å². The lowest BCUT2D eigenvalue weighted by Gasteiger charge is -2.17. The summed E-state index contributed by atoms with van der Waals surface area (Å²) in [6.45, 7) is 4.01. The van der Waals surface area contributed by atoms with E-state index in [0.29, 0.717) is 10.0 Å². The van der Waals surface area contributed by atoms with E-state index in [1.165, 1.54) is 0 Å². The molecule has 0 aliphatic heterocycles. The molecule has 1 unspecified atom stereocenters. The molecule has 0 aromatic heterocycles. The van der Waals surface area contributed by atoms with Crippen molar-refractivity contribution in [3.63, 3.8) is 0 Å². The van der Waals surface area contributed by atoms with E-state index in [4.69, 9.17) is 33.7 Å². The van der Waals surface area contributed by atoms with E-state index in [1.807, 2.05) is 38.1 Å². The van der Waals surface area contributed by atoms with Crippen LogP contribution in [0.25, 0.3) is 0 Å². The average molecular weight is 310 g/mol. The molecule has 0 fully saturated rings. The topological polar surface area (TPSA) is 35.2 Å². The number of ether oxygens (including phenoxy) is 1. The van der Waals surface area contributed by atoms with E-state index in [9.17, 15) is 0 Å². The van der Waals surface area contributed by atoms with Crippen LogP contribution in [0, 0.1) is 13.8 Å². The zero-order valence-corrected chi connectivity index (χ0v) is 13.2. The highest BCUT2D eigenvalue weighted by Gasteiger charge is 2.14. The molecule has 0 saturated heterocycles. The van der Waals surface area contributed by atoms with Crippen LogP contribution >= 0.6 is 23.2 Å². The highest BCUT2D eigenvalue weighted by molar-refractivity contribution is 6.34. The molecule has 0 bridgehead atoms. The van der Waals surface area contributed by atoms with E-state index in [2.05, 4.69) is 0 Å². The fourth-order valence-corrected chi connectivity index (χ4v) is 2.98. The van der Waals surface area contributed by atoms with Crippen molar-refractivity contribution in [1.82, 2.24) is 0 Å². The summed E-state index contributed by atoms with van der Waals surface area (Å²) in [6.07, 6.45) is 0. The largest absolute Gasteiger partial charge is 0.496 e. The van der Waals surface area contributed by atoms with Crippen LogP contribution in [0.15, 0.2) is 30.3 Å². The van der Waals surface area contributed by atoms with E-state index in [1.54, 1.807) is 13.2 Å². The van der Waals surface area contributed by atoms with Crippen molar-refractivity contribution < 1.29 is 4.74 Å². The number of nitrogens with two attached hydrogens (primary N) is 1. The predicted molar refractivity (Wildman–Crippen MR) is 85.0 cm³/mol. The Labute approximate surface area is 129 Å². The van der Waals surface area contributed by atoms with Crippen LogP contribution in [-0.2, 0) is 0 Å². The SMILES string of the molecule is COc1c(C)cc(C(N)c2cc(Cl)cc(Cl)c2)cc1C. The fourth-order valence-electron chi connectivity index (χ4n) is 2.43. The lowest BCUT2D eigenvalue weighted by atomic mass is 9.96. The molecule has 2 rings (SSSR count). The van der Waals surface area contributed by atoms with E-state index in [0.717, 1.165) is 28.0 Å². The molecule has 0 spiro atoms. The second kappa shape index (κ2) is 6.04. The second-order valence-electron chi connectivity index (χ2n) is 4.87. The molecule has 4 heteroatoms. The van der Waals surface area contributed by atoms with E-state index < -0.39 is 0 Å². The van der Waals surface area contributed by atoms with Gasteiger partial charge in [0.15, 0.2) is 0 Å². The first-order valence-corrected chi connectivity index (χ1v) is 7.04. The minimum atomic E-state index is -0.269. The maximum Gasteiger partial charge on any atom is 0.124 e. The van der Waals surface area contributed by atoms with Gasteiger partial charge in [0.2, 0.25) is 0 Å². The van der Waals surface area contributed by atoms with Gasteiger partial charge in [0, 0.05) is 10.0 Å². The van der Waals surface area contributed by atoms with Crippen LogP contribution in [0.1, 0.15) is 28.3 Å². The molecule has 0 aliphatic rings. The van der Waals surface area contributed by atoms with Gasteiger partial charge in [-0.2, -0.15) is 0 Å². The summed E-state index contributed by atoms with van der Waals surface area (Å²) < 4.78 is 5.37. The van der Waals surface area contributed by atoms with Crippen molar-refractivity contribution in [2.75, 3.05) is 7.11 Å². The number of hydrogen-bond donors (Lipinski definition) is 1. The third-order valence-electron chi connectivity index (χ3n) is 3.29. The lowest BCUT2D eigenvalue weighted by molar-refractivity contribution is 0.408. The van der Waals surface area contributed by atoms with Crippen molar-refractivity contribution in [1.29, 1.82) is 0 Å². The normalized spacial score (nSPS) is 12.3. The van der Waals surface area contributed by atoms with Crippen LogP contribution in [0.2, 0.25) is 10.0 Å². The Morgan fingerprint density at radius 3 is 1.80 bits per heavy atom. The summed E-state index contributed by atoms with van der Waals surface area (Å²) in [5, 5.41) is 1.18. The quantitative estimate of drug-likeness (QED) is 0.894. The molecule has 0 saturated carbocycles. The predicted octanol–water partition coefficient (Wildman–Crippen LogP) is 4.67. The Hall–Kier alpha value is -1.22. The van der Waals surface area contributed by atoms with Gasteiger partial charge in [-0.25, -0.2) is 0 Å². The van der Waals surface area contributed by atoms with Crippen molar-refractivity contribution >= 4 is 23.2 Å². The van der Waals surface area contributed by atoms with Crippen molar-refractivity contribution in [3.05, 3.63) is 62.6 Å². The molecular formula is C16H17Cl2NO. The van der Waals surface area contributed by atoms with Crippen LogP contribution in [0.5, 0.6) is 5.75 Å². The van der Waals surface area contributed by atoms with Gasteiger partial charge in [-0.15, -0.1) is 0 Å². The molecule has 2 nitrogen and oxygen atoms in total. The zero-order valence-electron chi connectivity index (χ0n) is 11.7. The van der Waals surface area contributed by atoms with Gasteiger partial charge in [-0.3, -0.25) is 0 Å². The average Bonchev–Trinajstić information content (AvgIpc) is 2.36. The number of hydrogen-bond acceptors (Lipinski definition) is 2. The first-order valence-electron chi connectivity index (χ1n) is 6.29. The molecule has 0 amide bonds. The van der Waals surface area contributed by atoms with Crippen LogP contribution in [0.3, 0.4) is 0 Å². The van der Waals surface area contributed by atoms with Gasteiger partial charge in [0.1, 0.15) is 5.75 Å². The minimum absolute atomic E-state index is 0.269. The Morgan fingerprint density at radius 1 is 0.900 bits per heavy atom. The molecule has 106 valence electrons. The maximum absolute atomic E-state index is 6.33. The molecule has 2 aromatic rings. The Kier molecular flexibility index (Phi) is 4.59. The van der Waals surface area contributed by atoms with Gasteiger partial charge in [0.25, 0.3) is 0 Å². The number of rotatable bonds is 3. The second-order valence-corrected chi connectivity index (χ2v) is 5.74. The maximum atomic E-state index is 6.33. The summed E-state index contributed by atoms with van der Waals surface area (Å²) >= 11 is 12.1. The van der Waals surface area contributed by atoms with Crippen LogP contribution < -0.4 is 10.5 Å². The van der Waals surface area contributed by atoms with E-state index >= 15 is 0 Å². The highest BCUT2D eigenvalue weighted by atomic mass is 35.5. The van der Waals surface area contributed by atoms with Gasteiger partial charge in [-0.1, -0.05) is 35.3 Å². The Balaban J connectivity index is 2.45. The Bertz CT molecular complexity index is 597. The third-order valence-corrected chi connectivity index (χ3v) is 3.73. The molecule has 0 heterocycles. The first kappa shape index (κ1) is 15.2. The molecule has 0 radical (unpaired) electrons. The lowest BCUT2D eigenvalue weighted by Crippen LogP contribution is -2.12. The van der Waals surface area contributed by atoms with Crippen molar-refractivity contribution in [3.8, 4) is 5.75 Å². The third kappa shape index (κ3) is 3.09. The monoisotopic (exact) mass is 309 g/mol.